The molecule has 0 N–H and O–H groups in total. The predicted octanol–water partition coefficient (Wildman–Crippen LogP) is 3.19. The van der Waals surface area contributed by atoms with E-state index in [1.807, 2.05) is 13.1 Å². The van der Waals surface area contributed by atoms with E-state index >= 15 is 0 Å². The summed E-state index contributed by atoms with van der Waals surface area (Å²) in [5, 5.41) is 0. The molecule has 0 radical (unpaired) electrons. The van der Waals surface area contributed by atoms with Crippen molar-refractivity contribution in [2.75, 3.05) is 0 Å². The maximum atomic E-state index is 6.76. The highest BCUT2D eigenvalue weighted by Gasteiger charge is 2.71. The molecule has 0 spiro atoms. The van der Waals surface area contributed by atoms with Crippen LogP contribution in [0.2, 0.25) is 13.1 Å². The number of fused-ring (bicyclic) bond motifs is 3. The average molecular weight is 571 g/mol. The van der Waals surface area contributed by atoms with Crippen LogP contribution in [-0.4, -0.2) is 74.1 Å². The van der Waals surface area contributed by atoms with Crippen LogP contribution >= 0.6 is 0 Å². The standard InChI is InChI=1S/C21H34O9Si5/c1-8-31(6)22-17-15-13-14-16-18-20-21-19(17)24-33(10-3,27-31)29-35(12-5,26-21)30-34(11-4,25-20)28-32(7,9-2)23-18/h8-12,17-21H,1-5,13-16H2,6-7H3. The van der Waals surface area contributed by atoms with Gasteiger partial charge in [-0.2, -0.15) is 0 Å². The van der Waals surface area contributed by atoms with Crippen molar-refractivity contribution < 1.29 is 38.6 Å². The SMILES string of the molecule is C=C[Si]1(C)OC2CCCCC3O[Si](C)(C=C)O[Si]4(C=C)OC3C3O[Si](C=C)(O[Si](C=C)(OC23)O1)O4. The molecule has 8 atom stereocenters. The first-order valence-electron chi connectivity index (χ1n) is 12.0. The molecule has 4 heterocycles. The van der Waals surface area contributed by atoms with Crippen LogP contribution in [0.1, 0.15) is 25.7 Å². The van der Waals surface area contributed by atoms with Gasteiger partial charge in [-0.15, -0.1) is 13.2 Å². The van der Waals surface area contributed by atoms with Crippen molar-refractivity contribution in [2.45, 2.75) is 69.3 Å². The van der Waals surface area contributed by atoms with Crippen molar-refractivity contribution in [3.63, 3.8) is 0 Å². The van der Waals surface area contributed by atoms with Gasteiger partial charge in [0.25, 0.3) is 0 Å². The molecule has 4 saturated heterocycles. The number of hydrogen-bond donors (Lipinski definition) is 0. The van der Waals surface area contributed by atoms with Gasteiger partial charge in [-0.3, -0.25) is 0 Å². The summed E-state index contributed by atoms with van der Waals surface area (Å²) in [5.41, 5.74) is 8.34. The van der Waals surface area contributed by atoms with Gasteiger partial charge >= 0.3 is 43.5 Å². The Balaban J connectivity index is 1.75. The van der Waals surface area contributed by atoms with Crippen LogP contribution in [0, 0.1) is 0 Å². The Hall–Kier alpha value is -0.576. The van der Waals surface area contributed by atoms with Crippen LogP contribution in [0.3, 0.4) is 0 Å². The number of hydrogen-bond acceptors (Lipinski definition) is 9. The Bertz CT molecular complexity index is 875. The van der Waals surface area contributed by atoms with Crippen molar-refractivity contribution in [3.8, 4) is 0 Å². The summed E-state index contributed by atoms with van der Waals surface area (Å²) in [6.45, 7) is 24.0. The average Bonchev–Trinajstić information content (AvgIpc) is 3.17. The molecule has 14 heteroatoms. The van der Waals surface area contributed by atoms with Gasteiger partial charge in [0.05, 0.1) is 12.2 Å². The van der Waals surface area contributed by atoms with Gasteiger partial charge in [-0.1, -0.05) is 44.0 Å². The molecule has 6 bridgehead atoms. The van der Waals surface area contributed by atoms with Gasteiger partial charge in [0.15, 0.2) is 0 Å². The smallest absolute Gasteiger partial charge is 0.387 e. The Labute approximate surface area is 212 Å². The van der Waals surface area contributed by atoms with E-state index in [0.29, 0.717) is 0 Å². The van der Waals surface area contributed by atoms with Crippen molar-refractivity contribution >= 4 is 43.5 Å². The fraction of sp³-hybridized carbons (Fsp3) is 0.524. The van der Waals surface area contributed by atoms with E-state index in [0.717, 1.165) is 25.7 Å². The van der Waals surface area contributed by atoms with Crippen LogP contribution in [0.15, 0.2) is 61.4 Å². The van der Waals surface area contributed by atoms with E-state index in [-0.39, 0.29) is 12.2 Å². The maximum Gasteiger partial charge on any atom is 0.515 e. The summed E-state index contributed by atoms with van der Waals surface area (Å²) in [7, 11) is -16.7. The molecule has 35 heavy (non-hydrogen) atoms. The van der Waals surface area contributed by atoms with Crippen molar-refractivity contribution in [2.24, 2.45) is 0 Å². The van der Waals surface area contributed by atoms with E-state index < -0.39 is 61.8 Å². The van der Waals surface area contributed by atoms with Gasteiger partial charge in [-0.25, -0.2) is 0 Å². The lowest BCUT2D eigenvalue weighted by Crippen LogP contribution is -2.64. The van der Waals surface area contributed by atoms with Gasteiger partial charge in [0.2, 0.25) is 0 Å². The molecule has 8 unspecified atom stereocenters. The van der Waals surface area contributed by atoms with E-state index in [4.69, 9.17) is 38.6 Å². The van der Waals surface area contributed by atoms with Crippen LogP contribution in [0.4, 0.5) is 0 Å². The number of rotatable bonds is 5. The second-order valence-corrected chi connectivity index (χ2v) is 23.8. The van der Waals surface area contributed by atoms with Crippen LogP contribution in [-0.2, 0) is 38.6 Å². The lowest BCUT2D eigenvalue weighted by atomic mass is 9.98. The van der Waals surface area contributed by atoms with E-state index in [2.05, 4.69) is 32.9 Å². The molecule has 4 aliphatic heterocycles. The molecule has 1 aliphatic carbocycles. The molecule has 0 aromatic rings. The summed E-state index contributed by atoms with van der Waals surface area (Å²) in [6.07, 6.45) is 0.919. The highest BCUT2D eigenvalue weighted by Crippen LogP contribution is 2.46. The second-order valence-electron chi connectivity index (χ2n) is 9.62. The predicted molar refractivity (Wildman–Crippen MR) is 139 cm³/mol. The van der Waals surface area contributed by atoms with Gasteiger partial charge in [0, 0.05) is 0 Å². The summed E-state index contributed by atoms with van der Waals surface area (Å²) < 4.78 is 60.1. The summed E-state index contributed by atoms with van der Waals surface area (Å²) >= 11 is 0. The first-order chi connectivity index (χ1) is 16.6. The molecule has 5 aliphatic rings. The fourth-order valence-electron chi connectivity index (χ4n) is 5.26. The molecule has 0 aromatic carbocycles. The molecule has 5 fully saturated rings. The molecule has 1 saturated carbocycles. The lowest BCUT2D eigenvalue weighted by molar-refractivity contribution is -0.0927. The summed E-state index contributed by atoms with van der Waals surface area (Å²) in [4.78, 5) is 0. The second kappa shape index (κ2) is 9.02. The minimum Gasteiger partial charge on any atom is -0.387 e. The molecule has 5 rings (SSSR count). The Morgan fingerprint density at radius 1 is 0.514 bits per heavy atom. The quantitative estimate of drug-likeness (QED) is 0.463. The van der Waals surface area contributed by atoms with Gasteiger partial charge in [0.1, 0.15) is 18.3 Å². The largest absolute Gasteiger partial charge is 0.515 e. The zero-order valence-corrected chi connectivity index (χ0v) is 25.3. The highest BCUT2D eigenvalue weighted by molar-refractivity contribution is 6.91. The molecule has 9 nitrogen and oxygen atoms in total. The van der Waals surface area contributed by atoms with Crippen molar-refractivity contribution in [1.82, 2.24) is 0 Å². The van der Waals surface area contributed by atoms with E-state index in [1.165, 1.54) is 0 Å². The zero-order chi connectivity index (χ0) is 25.1. The molecule has 0 aromatic heterocycles. The van der Waals surface area contributed by atoms with Crippen LogP contribution in [0.5, 0.6) is 0 Å². The topological polar surface area (TPSA) is 83.1 Å². The first-order valence-corrected chi connectivity index (χ1v) is 22.2. The normalized spacial score (nSPS) is 53.4. The maximum absolute atomic E-state index is 6.76. The fourth-order valence-corrected chi connectivity index (χ4v) is 23.0. The molecular formula is C21H34O9Si5. The monoisotopic (exact) mass is 570 g/mol. The first kappa shape index (κ1) is 26.0. The van der Waals surface area contributed by atoms with Gasteiger partial charge in [-0.05, 0) is 43.0 Å². The Kier molecular flexibility index (Phi) is 6.71. The summed E-state index contributed by atoms with van der Waals surface area (Å²) in [5.74, 6) is 0. The van der Waals surface area contributed by atoms with Crippen molar-refractivity contribution in [1.29, 1.82) is 0 Å². The molecule has 192 valence electrons. The lowest BCUT2D eigenvalue weighted by Gasteiger charge is -2.39. The molecule has 0 amide bonds. The summed E-state index contributed by atoms with van der Waals surface area (Å²) in [6, 6.07) is 0. The van der Waals surface area contributed by atoms with E-state index in [9.17, 15) is 0 Å². The Morgan fingerprint density at radius 2 is 0.886 bits per heavy atom. The third kappa shape index (κ3) is 4.42. The van der Waals surface area contributed by atoms with Gasteiger partial charge < -0.3 is 38.6 Å². The Morgan fingerprint density at radius 3 is 1.26 bits per heavy atom. The van der Waals surface area contributed by atoms with Crippen molar-refractivity contribution in [3.05, 3.63) is 61.4 Å². The highest BCUT2D eigenvalue weighted by atomic mass is 28.5. The third-order valence-electron chi connectivity index (χ3n) is 7.03. The van der Waals surface area contributed by atoms with Crippen LogP contribution in [0.25, 0.3) is 0 Å². The van der Waals surface area contributed by atoms with E-state index in [1.54, 1.807) is 28.5 Å². The zero-order valence-electron chi connectivity index (χ0n) is 20.3. The van der Waals surface area contributed by atoms with Crippen LogP contribution < -0.4 is 0 Å². The minimum atomic E-state index is -3.72. The molecular weight excluding hydrogens is 537 g/mol. The minimum absolute atomic E-state index is 0.324. The third-order valence-corrected chi connectivity index (χ3v) is 23.4.